The third-order valence-electron chi connectivity index (χ3n) is 6.13. The molecule has 1 aliphatic rings. The minimum absolute atomic E-state index is 0.00444. The predicted molar refractivity (Wildman–Crippen MR) is 120 cm³/mol. The highest BCUT2D eigenvalue weighted by atomic mass is 16.1. The molecule has 4 heterocycles. The Balaban J connectivity index is 1.54. The first-order chi connectivity index (χ1) is 14.6. The number of imidazole rings is 1. The summed E-state index contributed by atoms with van der Waals surface area (Å²) in [6.07, 6.45) is 6.94. The number of pyridine rings is 2. The van der Waals surface area contributed by atoms with Crippen LogP contribution in [-0.4, -0.2) is 25.6 Å². The smallest absolute Gasteiger partial charge is 0.328 e. The molecule has 0 unspecified atom stereocenters. The summed E-state index contributed by atoms with van der Waals surface area (Å²) in [5.41, 5.74) is 8.52. The van der Waals surface area contributed by atoms with Crippen LogP contribution in [0, 0.1) is 0 Å². The predicted octanol–water partition coefficient (Wildman–Crippen LogP) is 3.98. The van der Waals surface area contributed by atoms with E-state index in [9.17, 15) is 4.79 Å². The minimum Gasteiger partial charge on any atom is -0.340 e. The SMILES string of the molecule is CCc1ccc(-c2cc3c(cn2)N(c2ccc4c(c2)n(C)c(=O)n4C)CCC3)cn1. The van der Waals surface area contributed by atoms with E-state index in [2.05, 4.69) is 47.1 Å². The summed E-state index contributed by atoms with van der Waals surface area (Å²) in [6, 6.07) is 12.6. The fourth-order valence-corrected chi connectivity index (χ4v) is 4.36. The summed E-state index contributed by atoms with van der Waals surface area (Å²) >= 11 is 0. The van der Waals surface area contributed by atoms with Crippen molar-refractivity contribution in [2.45, 2.75) is 26.2 Å². The molecule has 0 bridgehead atoms. The fourth-order valence-electron chi connectivity index (χ4n) is 4.36. The van der Waals surface area contributed by atoms with Crippen LogP contribution in [0.25, 0.3) is 22.3 Å². The average molecular weight is 399 g/mol. The lowest BCUT2D eigenvalue weighted by molar-refractivity contribution is 0.764. The standard InChI is InChI=1S/C24H25N5O/c1-4-18-8-7-17(14-25-18)20-12-16-6-5-11-29(23(16)15-26-20)19-9-10-21-22(13-19)28(3)24(30)27(21)2/h7-10,12-15H,4-6,11H2,1-3H3. The van der Waals surface area contributed by atoms with Gasteiger partial charge in [0.15, 0.2) is 0 Å². The fraction of sp³-hybridized carbons (Fsp3) is 0.292. The average Bonchev–Trinajstić information content (AvgIpc) is 3.02. The van der Waals surface area contributed by atoms with Gasteiger partial charge in [-0.15, -0.1) is 0 Å². The molecule has 0 N–H and O–H groups in total. The van der Waals surface area contributed by atoms with Crippen molar-refractivity contribution < 1.29 is 0 Å². The van der Waals surface area contributed by atoms with Gasteiger partial charge in [-0.1, -0.05) is 6.92 Å². The molecule has 0 saturated carbocycles. The molecule has 5 rings (SSSR count). The van der Waals surface area contributed by atoms with Crippen molar-refractivity contribution in [3.63, 3.8) is 0 Å². The second-order valence-electron chi connectivity index (χ2n) is 7.92. The zero-order valence-electron chi connectivity index (χ0n) is 17.6. The summed E-state index contributed by atoms with van der Waals surface area (Å²) in [6.45, 7) is 3.05. The minimum atomic E-state index is -0.00444. The van der Waals surface area contributed by atoms with Crippen LogP contribution in [0.4, 0.5) is 11.4 Å². The quantitative estimate of drug-likeness (QED) is 0.523. The maximum absolute atomic E-state index is 12.3. The van der Waals surface area contributed by atoms with Crippen LogP contribution < -0.4 is 10.6 Å². The van der Waals surface area contributed by atoms with Crippen molar-refractivity contribution in [2.24, 2.45) is 14.1 Å². The van der Waals surface area contributed by atoms with Crippen molar-refractivity contribution in [3.8, 4) is 11.3 Å². The zero-order chi connectivity index (χ0) is 20.8. The van der Waals surface area contributed by atoms with Crippen LogP contribution >= 0.6 is 0 Å². The molecule has 1 aliphatic heterocycles. The number of aromatic nitrogens is 4. The number of benzene rings is 1. The number of nitrogens with zero attached hydrogens (tertiary/aromatic N) is 5. The second-order valence-corrected chi connectivity index (χ2v) is 7.92. The molecule has 152 valence electrons. The Kier molecular flexibility index (Phi) is 4.42. The van der Waals surface area contributed by atoms with Crippen molar-refractivity contribution in [2.75, 3.05) is 11.4 Å². The van der Waals surface area contributed by atoms with Gasteiger partial charge in [-0.3, -0.25) is 19.1 Å². The number of aryl methyl sites for hydroxylation is 4. The number of hydrogen-bond acceptors (Lipinski definition) is 4. The largest absolute Gasteiger partial charge is 0.340 e. The third kappa shape index (κ3) is 2.91. The van der Waals surface area contributed by atoms with Crippen LogP contribution in [-0.2, 0) is 26.9 Å². The van der Waals surface area contributed by atoms with Gasteiger partial charge in [-0.25, -0.2) is 4.79 Å². The number of anilines is 2. The normalized spacial score (nSPS) is 13.6. The topological polar surface area (TPSA) is 56.0 Å². The van der Waals surface area contributed by atoms with Gasteiger partial charge < -0.3 is 4.90 Å². The molecular formula is C24H25N5O. The Morgan fingerprint density at radius 1 is 0.967 bits per heavy atom. The number of rotatable bonds is 3. The molecule has 6 heteroatoms. The van der Waals surface area contributed by atoms with E-state index < -0.39 is 0 Å². The first-order valence-corrected chi connectivity index (χ1v) is 10.4. The van der Waals surface area contributed by atoms with E-state index in [1.165, 1.54) is 5.56 Å². The Labute approximate surface area is 175 Å². The Bertz CT molecular complexity index is 1300. The van der Waals surface area contributed by atoms with E-state index in [0.717, 1.165) is 65.2 Å². The Morgan fingerprint density at radius 2 is 1.80 bits per heavy atom. The van der Waals surface area contributed by atoms with Crippen molar-refractivity contribution in [1.29, 1.82) is 0 Å². The van der Waals surface area contributed by atoms with Gasteiger partial charge in [0.05, 0.1) is 28.6 Å². The molecule has 6 nitrogen and oxygen atoms in total. The number of fused-ring (bicyclic) bond motifs is 2. The van der Waals surface area contributed by atoms with Gasteiger partial charge in [-0.2, -0.15) is 0 Å². The van der Waals surface area contributed by atoms with Gasteiger partial charge in [0.2, 0.25) is 0 Å². The zero-order valence-corrected chi connectivity index (χ0v) is 17.6. The van der Waals surface area contributed by atoms with E-state index in [-0.39, 0.29) is 5.69 Å². The lowest BCUT2D eigenvalue weighted by atomic mass is 10.00. The van der Waals surface area contributed by atoms with Crippen LogP contribution in [0.5, 0.6) is 0 Å². The van der Waals surface area contributed by atoms with Crippen molar-refractivity contribution in [1.82, 2.24) is 19.1 Å². The van der Waals surface area contributed by atoms with Gasteiger partial charge in [0, 0.05) is 43.8 Å². The van der Waals surface area contributed by atoms with Gasteiger partial charge >= 0.3 is 5.69 Å². The van der Waals surface area contributed by atoms with Crippen molar-refractivity contribution in [3.05, 3.63) is 70.5 Å². The van der Waals surface area contributed by atoms with Crippen molar-refractivity contribution >= 4 is 22.4 Å². The van der Waals surface area contributed by atoms with Gasteiger partial charge in [0.1, 0.15) is 0 Å². The van der Waals surface area contributed by atoms with E-state index in [0.29, 0.717) is 0 Å². The maximum atomic E-state index is 12.3. The van der Waals surface area contributed by atoms with Gasteiger partial charge in [-0.05, 0) is 61.2 Å². The lowest BCUT2D eigenvalue weighted by Crippen LogP contribution is -2.24. The first-order valence-electron chi connectivity index (χ1n) is 10.4. The van der Waals surface area contributed by atoms with E-state index in [1.54, 1.807) is 9.13 Å². The molecule has 4 aromatic rings. The van der Waals surface area contributed by atoms with Crippen LogP contribution in [0.2, 0.25) is 0 Å². The van der Waals surface area contributed by atoms with E-state index in [4.69, 9.17) is 4.98 Å². The Morgan fingerprint density at radius 3 is 2.57 bits per heavy atom. The summed E-state index contributed by atoms with van der Waals surface area (Å²) in [5, 5.41) is 0. The lowest BCUT2D eigenvalue weighted by Gasteiger charge is -2.31. The molecule has 0 fully saturated rings. The number of hydrogen-bond donors (Lipinski definition) is 0. The summed E-state index contributed by atoms with van der Waals surface area (Å²) < 4.78 is 3.40. The van der Waals surface area contributed by atoms with Crippen LogP contribution in [0.1, 0.15) is 24.6 Å². The monoisotopic (exact) mass is 399 g/mol. The molecular weight excluding hydrogens is 374 g/mol. The van der Waals surface area contributed by atoms with E-state index >= 15 is 0 Å². The summed E-state index contributed by atoms with van der Waals surface area (Å²) in [4.78, 5) is 23.9. The molecule has 0 radical (unpaired) electrons. The molecule has 30 heavy (non-hydrogen) atoms. The third-order valence-corrected chi connectivity index (χ3v) is 6.13. The summed E-state index contributed by atoms with van der Waals surface area (Å²) in [7, 11) is 3.64. The molecule has 0 aliphatic carbocycles. The summed E-state index contributed by atoms with van der Waals surface area (Å²) in [5.74, 6) is 0. The second kappa shape index (κ2) is 7.13. The highest BCUT2D eigenvalue weighted by molar-refractivity contribution is 5.83. The molecule has 0 saturated heterocycles. The molecule has 0 spiro atoms. The maximum Gasteiger partial charge on any atom is 0.328 e. The highest BCUT2D eigenvalue weighted by Crippen LogP contribution is 2.35. The first kappa shape index (κ1) is 18.6. The van der Waals surface area contributed by atoms with Gasteiger partial charge in [0.25, 0.3) is 0 Å². The molecule has 0 atom stereocenters. The van der Waals surface area contributed by atoms with E-state index in [1.807, 2.05) is 32.6 Å². The van der Waals surface area contributed by atoms with Crippen LogP contribution in [0.15, 0.2) is 53.6 Å². The highest BCUT2D eigenvalue weighted by Gasteiger charge is 2.21. The molecule has 3 aromatic heterocycles. The Hall–Kier alpha value is -3.41. The molecule has 0 amide bonds. The molecule has 1 aromatic carbocycles. The van der Waals surface area contributed by atoms with Crippen LogP contribution in [0.3, 0.4) is 0 Å².